The number of piperidine rings is 1. The molecule has 1 aliphatic heterocycles. The Bertz CT molecular complexity index is 499. The summed E-state index contributed by atoms with van der Waals surface area (Å²) in [7, 11) is 1.63. The normalized spacial score (nSPS) is 17.6. The predicted molar refractivity (Wildman–Crippen MR) is 82.7 cm³/mol. The molecule has 21 heavy (non-hydrogen) atoms. The number of aryl methyl sites for hydroxylation is 1. The second-order valence-corrected chi connectivity index (χ2v) is 5.98. The monoisotopic (exact) mass is 291 g/mol. The second-order valence-electron chi connectivity index (χ2n) is 5.98. The molecule has 1 aromatic carbocycles. The maximum atomic E-state index is 12.6. The molecule has 4 nitrogen and oxygen atoms in total. The Hall–Kier alpha value is -1.55. The van der Waals surface area contributed by atoms with Crippen LogP contribution >= 0.6 is 0 Å². The lowest BCUT2D eigenvalue weighted by Crippen LogP contribution is -2.44. The number of aliphatic hydroxyl groups excluding tert-OH is 1. The topological polar surface area (TPSA) is 49.8 Å². The number of likely N-dealkylation sites (tertiary alicyclic amines) is 1. The van der Waals surface area contributed by atoms with E-state index in [9.17, 15) is 9.90 Å². The first kappa shape index (κ1) is 15.8. The molecule has 1 saturated heterocycles. The van der Waals surface area contributed by atoms with Crippen molar-refractivity contribution in [1.29, 1.82) is 0 Å². The van der Waals surface area contributed by atoms with Crippen molar-refractivity contribution in [3.8, 4) is 5.75 Å². The molecule has 1 aliphatic rings. The Morgan fingerprint density at radius 2 is 2.05 bits per heavy atom. The third kappa shape index (κ3) is 3.21. The van der Waals surface area contributed by atoms with Crippen LogP contribution in [0.3, 0.4) is 0 Å². The molecule has 1 fully saturated rings. The lowest BCUT2D eigenvalue weighted by atomic mass is 9.77. The van der Waals surface area contributed by atoms with E-state index in [4.69, 9.17) is 4.74 Å². The SMILES string of the molecule is CCC1(CO)CCN(C(=O)c2ccc(OC)cc2C)CC1. The molecule has 0 spiro atoms. The van der Waals surface area contributed by atoms with E-state index in [1.807, 2.05) is 30.0 Å². The van der Waals surface area contributed by atoms with Gasteiger partial charge < -0.3 is 14.7 Å². The van der Waals surface area contributed by atoms with Crippen molar-refractivity contribution in [2.24, 2.45) is 5.41 Å². The Kier molecular flexibility index (Phi) is 4.88. The fourth-order valence-corrected chi connectivity index (χ4v) is 2.98. The lowest BCUT2D eigenvalue weighted by molar-refractivity contribution is 0.0337. The maximum Gasteiger partial charge on any atom is 0.254 e. The molecule has 1 aromatic rings. The van der Waals surface area contributed by atoms with Gasteiger partial charge in [0, 0.05) is 25.3 Å². The predicted octanol–water partition coefficient (Wildman–Crippen LogP) is 2.63. The van der Waals surface area contributed by atoms with E-state index in [0.29, 0.717) is 0 Å². The van der Waals surface area contributed by atoms with E-state index in [-0.39, 0.29) is 17.9 Å². The van der Waals surface area contributed by atoms with Crippen LogP contribution in [0.15, 0.2) is 18.2 Å². The summed E-state index contributed by atoms with van der Waals surface area (Å²) >= 11 is 0. The largest absolute Gasteiger partial charge is 0.497 e. The van der Waals surface area contributed by atoms with Gasteiger partial charge in [0.25, 0.3) is 5.91 Å². The zero-order valence-corrected chi connectivity index (χ0v) is 13.2. The van der Waals surface area contributed by atoms with E-state index >= 15 is 0 Å². The molecule has 0 radical (unpaired) electrons. The van der Waals surface area contributed by atoms with Gasteiger partial charge in [0.1, 0.15) is 5.75 Å². The molecule has 0 unspecified atom stereocenters. The Labute approximate surface area is 126 Å². The average molecular weight is 291 g/mol. The average Bonchev–Trinajstić information content (AvgIpc) is 2.54. The van der Waals surface area contributed by atoms with Crippen molar-refractivity contribution in [1.82, 2.24) is 4.90 Å². The molecule has 4 heteroatoms. The summed E-state index contributed by atoms with van der Waals surface area (Å²) in [5, 5.41) is 9.57. The highest BCUT2D eigenvalue weighted by Crippen LogP contribution is 2.34. The van der Waals surface area contributed by atoms with Crippen LogP contribution in [-0.2, 0) is 0 Å². The van der Waals surface area contributed by atoms with Gasteiger partial charge >= 0.3 is 0 Å². The quantitative estimate of drug-likeness (QED) is 0.927. The van der Waals surface area contributed by atoms with Gasteiger partial charge in [-0.3, -0.25) is 4.79 Å². The number of amides is 1. The highest BCUT2D eigenvalue weighted by Gasteiger charge is 2.34. The summed E-state index contributed by atoms with van der Waals surface area (Å²) in [6, 6.07) is 5.56. The first-order valence-electron chi connectivity index (χ1n) is 7.60. The highest BCUT2D eigenvalue weighted by atomic mass is 16.5. The molecule has 0 atom stereocenters. The number of benzene rings is 1. The molecule has 1 heterocycles. The van der Waals surface area contributed by atoms with E-state index in [0.717, 1.165) is 49.2 Å². The van der Waals surface area contributed by atoms with Gasteiger partial charge in [-0.25, -0.2) is 0 Å². The van der Waals surface area contributed by atoms with Gasteiger partial charge in [-0.15, -0.1) is 0 Å². The number of hydrogen-bond acceptors (Lipinski definition) is 3. The molecule has 0 saturated carbocycles. The third-order valence-corrected chi connectivity index (χ3v) is 4.86. The van der Waals surface area contributed by atoms with Crippen molar-refractivity contribution in [3.05, 3.63) is 29.3 Å². The van der Waals surface area contributed by atoms with Gasteiger partial charge in [0.05, 0.1) is 7.11 Å². The molecular weight excluding hydrogens is 266 g/mol. The number of nitrogens with zero attached hydrogens (tertiary/aromatic N) is 1. The van der Waals surface area contributed by atoms with Crippen molar-refractivity contribution < 1.29 is 14.6 Å². The number of carbonyl (C=O) groups excluding carboxylic acids is 1. The minimum Gasteiger partial charge on any atom is -0.497 e. The standard InChI is InChI=1S/C17H25NO3/c1-4-17(12-19)7-9-18(10-8-17)16(20)15-6-5-14(21-3)11-13(15)2/h5-6,11,19H,4,7-10,12H2,1-3H3. The molecule has 0 bridgehead atoms. The van der Waals surface area contributed by atoms with Crippen LogP contribution in [0.2, 0.25) is 0 Å². The minimum atomic E-state index is 0.00569. The number of hydrogen-bond donors (Lipinski definition) is 1. The lowest BCUT2D eigenvalue weighted by Gasteiger charge is -2.40. The first-order valence-corrected chi connectivity index (χ1v) is 7.60. The number of aliphatic hydroxyl groups is 1. The first-order chi connectivity index (χ1) is 10.0. The zero-order chi connectivity index (χ0) is 15.5. The van der Waals surface area contributed by atoms with Gasteiger partial charge in [-0.1, -0.05) is 6.92 Å². The second kappa shape index (κ2) is 6.48. The van der Waals surface area contributed by atoms with E-state index < -0.39 is 0 Å². The third-order valence-electron chi connectivity index (χ3n) is 4.86. The van der Waals surface area contributed by atoms with Gasteiger partial charge in [0.15, 0.2) is 0 Å². The van der Waals surface area contributed by atoms with E-state index in [2.05, 4.69) is 6.92 Å². The van der Waals surface area contributed by atoms with Crippen LogP contribution in [0.4, 0.5) is 0 Å². The molecule has 1 amide bonds. The summed E-state index contributed by atoms with van der Waals surface area (Å²) in [5.41, 5.74) is 1.68. The zero-order valence-electron chi connectivity index (χ0n) is 13.2. The van der Waals surface area contributed by atoms with Crippen LogP contribution in [-0.4, -0.2) is 42.7 Å². The molecule has 1 N–H and O–H groups in total. The van der Waals surface area contributed by atoms with Gasteiger partial charge in [-0.2, -0.15) is 0 Å². The fraction of sp³-hybridized carbons (Fsp3) is 0.588. The van der Waals surface area contributed by atoms with Gasteiger partial charge in [-0.05, 0) is 55.4 Å². The van der Waals surface area contributed by atoms with Crippen LogP contribution < -0.4 is 4.74 Å². The summed E-state index contributed by atoms with van der Waals surface area (Å²) < 4.78 is 5.18. The van der Waals surface area contributed by atoms with Crippen molar-refractivity contribution in [3.63, 3.8) is 0 Å². The molecule has 0 aliphatic carbocycles. The minimum absolute atomic E-state index is 0.00569. The van der Waals surface area contributed by atoms with Crippen LogP contribution in [0.1, 0.15) is 42.1 Å². The Morgan fingerprint density at radius 1 is 1.38 bits per heavy atom. The summed E-state index contributed by atoms with van der Waals surface area (Å²) in [6.07, 6.45) is 2.72. The summed E-state index contributed by atoms with van der Waals surface area (Å²) in [4.78, 5) is 14.5. The van der Waals surface area contributed by atoms with E-state index in [1.165, 1.54) is 0 Å². The number of ether oxygens (including phenoxy) is 1. The number of carbonyl (C=O) groups is 1. The highest BCUT2D eigenvalue weighted by molar-refractivity contribution is 5.95. The fourth-order valence-electron chi connectivity index (χ4n) is 2.98. The molecule has 0 aromatic heterocycles. The van der Waals surface area contributed by atoms with Crippen LogP contribution in [0.5, 0.6) is 5.75 Å². The van der Waals surface area contributed by atoms with Crippen molar-refractivity contribution in [2.45, 2.75) is 33.1 Å². The Balaban J connectivity index is 2.08. The number of rotatable bonds is 4. The van der Waals surface area contributed by atoms with Crippen molar-refractivity contribution >= 4 is 5.91 Å². The molecular formula is C17H25NO3. The van der Waals surface area contributed by atoms with Gasteiger partial charge in [0.2, 0.25) is 0 Å². The molecule has 116 valence electrons. The Morgan fingerprint density at radius 3 is 2.52 bits per heavy atom. The maximum absolute atomic E-state index is 12.6. The summed E-state index contributed by atoms with van der Waals surface area (Å²) in [6.45, 7) is 5.70. The number of methoxy groups -OCH3 is 1. The van der Waals surface area contributed by atoms with Crippen molar-refractivity contribution in [2.75, 3.05) is 26.8 Å². The summed E-state index contributed by atoms with van der Waals surface area (Å²) in [5.74, 6) is 0.853. The van der Waals surface area contributed by atoms with E-state index in [1.54, 1.807) is 7.11 Å². The van der Waals surface area contributed by atoms with Crippen LogP contribution in [0, 0.1) is 12.3 Å². The smallest absolute Gasteiger partial charge is 0.254 e. The molecule has 2 rings (SSSR count). The van der Waals surface area contributed by atoms with Crippen LogP contribution in [0.25, 0.3) is 0 Å².